The van der Waals surface area contributed by atoms with Crippen molar-refractivity contribution in [3.05, 3.63) is 56.6 Å². The first kappa shape index (κ1) is 17.4. The molecule has 5 heteroatoms. The van der Waals surface area contributed by atoms with E-state index in [-0.39, 0.29) is 5.92 Å². The molecule has 0 heterocycles. The summed E-state index contributed by atoms with van der Waals surface area (Å²) < 4.78 is 38.7. The monoisotopic (exact) mass is 348 g/mol. The highest BCUT2D eigenvalue weighted by Gasteiger charge is 2.31. The molecule has 120 valence electrons. The van der Waals surface area contributed by atoms with Crippen molar-refractivity contribution in [2.45, 2.75) is 45.2 Å². The van der Waals surface area contributed by atoms with E-state index in [4.69, 9.17) is 23.2 Å². The van der Waals surface area contributed by atoms with E-state index in [1.165, 1.54) is 6.07 Å². The van der Waals surface area contributed by atoms with Gasteiger partial charge in [-0.15, -0.1) is 0 Å². The lowest BCUT2D eigenvalue weighted by Gasteiger charge is -2.19. The van der Waals surface area contributed by atoms with E-state index in [0.717, 1.165) is 22.8 Å². The van der Waals surface area contributed by atoms with E-state index in [0.29, 0.717) is 29.3 Å². The predicted octanol–water partition coefficient (Wildman–Crippen LogP) is 6.78. The van der Waals surface area contributed by atoms with E-state index < -0.39 is 11.7 Å². The standard InChI is InChI=1S/C17H17Cl2F3/c1-10-4-8-15(18)16(19)11(2)3-5-12-9-13(17(20,21)22)6-7-14(10)12/h6-10H,3-5H2,1-2H3. The first-order valence-corrected chi connectivity index (χ1v) is 7.87. The van der Waals surface area contributed by atoms with Gasteiger partial charge in [0.05, 0.1) is 15.6 Å². The zero-order valence-corrected chi connectivity index (χ0v) is 13.9. The molecule has 1 aliphatic rings. The second-order valence-electron chi connectivity index (χ2n) is 5.69. The van der Waals surface area contributed by atoms with Gasteiger partial charge >= 0.3 is 6.18 Å². The molecule has 1 aliphatic carbocycles. The topological polar surface area (TPSA) is 0 Å². The molecule has 0 radical (unpaired) electrons. The van der Waals surface area contributed by atoms with Crippen molar-refractivity contribution < 1.29 is 13.2 Å². The molecule has 1 aromatic carbocycles. The summed E-state index contributed by atoms with van der Waals surface area (Å²) in [5, 5.41) is 1.02. The first-order chi connectivity index (χ1) is 10.2. The normalized spacial score (nSPS) is 20.5. The molecule has 1 unspecified atom stereocenters. The van der Waals surface area contributed by atoms with Crippen LogP contribution in [0, 0.1) is 0 Å². The molecule has 1 atom stereocenters. The fourth-order valence-electron chi connectivity index (χ4n) is 2.61. The lowest BCUT2D eigenvalue weighted by Crippen LogP contribution is -2.09. The van der Waals surface area contributed by atoms with Crippen molar-refractivity contribution >= 4 is 23.2 Å². The van der Waals surface area contributed by atoms with Gasteiger partial charge in [0, 0.05) is 0 Å². The molecule has 0 spiro atoms. The number of fused-ring (bicyclic) bond motifs is 1. The molecule has 1 aromatic rings. The van der Waals surface area contributed by atoms with E-state index in [1.807, 2.05) is 19.9 Å². The van der Waals surface area contributed by atoms with Crippen LogP contribution in [0.2, 0.25) is 0 Å². The van der Waals surface area contributed by atoms with Crippen molar-refractivity contribution in [3.63, 3.8) is 0 Å². The van der Waals surface area contributed by atoms with Crippen LogP contribution >= 0.6 is 23.2 Å². The summed E-state index contributed by atoms with van der Waals surface area (Å²) in [4.78, 5) is 0. The summed E-state index contributed by atoms with van der Waals surface area (Å²) in [6, 6.07) is 4.01. The lowest BCUT2D eigenvalue weighted by atomic mass is 9.88. The summed E-state index contributed by atoms with van der Waals surface area (Å²) in [6.07, 6.45) is -0.732. The van der Waals surface area contributed by atoms with Crippen molar-refractivity contribution in [1.29, 1.82) is 0 Å². The molecule has 0 aromatic heterocycles. The molecule has 0 saturated heterocycles. The van der Waals surface area contributed by atoms with Crippen LogP contribution in [0.15, 0.2) is 39.9 Å². The third-order valence-electron chi connectivity index (χ3n) is 4.01. The maximum absolute atomic E-state index is 12.9. The van der Waals surface area contributed by atoms with Crippen LogP contribution in [0.25, 0.3) is 0 Å². The Bertz CT molecular complexity index is 627. The van der Waals surface area contributed by atoms with Crippen molar-refractivity contribution in [2.75, 3.05) is 0 Å². The molecule has 0 amide bonds. The zero-order valence-electron chi connectivity index (χ0n) is 12.4. The Morgan fingerprint density at radius 3 is 2.45 bits per heavy atom. The van der Waals surface area contributed by atoms with Crippen molar-refractivity contribution in [2.24, 2.45) is 0 Å². The number of rotatable bonds is 0. The smallest absolute Gasteiger partial charge is 0.166 e. The molecule has 0 aliphatic heterocycles. The summed E-state index contributed by atoms with van der Waals surface area (Å²) in [5.41, 5.74) is 1.97. The van der Waals surface area contributed by atoms with Crippen molar-refractivity contribution in [3.8, 4) is 0 Å². The molecule has 0 saturated carbocycles. The third kappa shape index (κ3) is 3.88. The Hall–Kier alpha value is -0.930. The van der Waals surface area contributed by atoms with Gasteiger partial charge in [-0.05, 0) is 55.4 Å². The van der Waals surface area contributed by atoms with Gasteiger partial charge in [0.1, 0.15) is 0 Å². The second-order valence-corrected chi connectivity index (χ2v) is 6.48. The van der Waals surface area contributed by atoms with Crippen LogP contribution in [0.1, 0.15) is 49.3 Å². The molecular weight excluding hydrogens is 332 g/mol. The van der Waals surface area contributed by atoms with Gasteiger partial charge in [0.25, 0.3) is 0 Å². The highest BCUT2D eigenvalue weighted by molar-refractivity contribution is 6.44. The summed E-state index contributed by atoms with van der Waals surface area (Å²) >= 11 is 12.4. The van der Waals surface area contributed by atoms with Gasteiger partial charge in [-0.25, -0.2) is 0 Å². The number of aryl methyl sites for hydroxylation is 1. The number of hydrogen-bond donors (Lipinski definition) is 0. The average molecular weight is 349 g/mol. The second kappa shape index (κ2) is 6.67. The van der Waals surface area contributed by atoms with Crippen LogP contribution in [-0.2, 0) is 12.6 Å². The van der Waals surface area contributed by atoms with Gasteiger partial charge in [-0.1, -0.05) is 47.8 Å². The number of allylic oxidation sites excluding steroid dienone is 4. The Balaban J connectivity index is 2.47. The summed E-state index contributed by atoms with van der Waals surface area (Å²) in [7, 11) is 0. The SMILES string of the molecule is CC1=C(Cl)C(Cl)=CCC(C)c2ccc(C(F)(F)F)cc2CC1. The van der Waals surface area contributed by atoms with Crippen LogP contribution < -0.4 is 0 Å². The number of halogens is 5. The van der Waals surface area contributed by atoms with Gasteiger partial charge < -0.3 is 0 Å². The van der Waals surface area contributed by atoms with E-state index in [2.05, 4.69) is 0 Å². The van der Waals surface area contributed by atoms with Crippen molar-refractivity contribution in [1.82, 2.24) is 0 Å². The highest BCUT2D eigenvalue weighted by atomic mass is 35.5. The molecular formula is C17H17Cl2F3. The average Bonchev–Trinajstić information content (AvgIpc) is 2.47. The number of hydrogen-bond acceptors (Lipinski definition) is 0. The predicted molar refractivity (Wildman–Crippen MR) is 85.3 cm³/mol. The van der Waals surface area contributed by atoms with E-state index in [1.54, 1.807) is 6.07 Å². The number of benzene rings is 1. The van der Waals surface area contributed by atoms with E-state index in [9.17, 15) is 13.2 Å². The molecule has 2 rings (SSSR count). The quantitative estimate of drug-likeness (QED) is 0.484. The van der Waals surface area contributed by atoms with Gasteiger partial charge in [0.15, 0.2) is 0 Å². The van der Waals surface area contributed by atoms with Gasteiger partial charge in [-0.2, -0.15) is 13.2 Å². The minimum absolute atomic E-state index is 0.0916. The third-order valence-corrected chi connectivity index (χ3v) is 4.97. The molecule has 0 N–H and O–H groups in total. The fourth-order valence-corrected chi connectivity index (χ4v) is 3.03. The van der Waals surface area contributed by atoms with Crippen LogP contribution in [0.3, 0.4) is 0 Å². The van der Waals surface area contributed by atoms with Gasteiger partial charge in [0.2, 0.25) is 0 Å². The Labute approximate surface area is 138 Å². The first-order valence-electron chi connectivity index (χ1n) is 7.11. The van der Waals surface area contributed by atoms with E-state index >= 15 is 0 Å². The highest BCUT2D eigenvalue weighted by Crippen LogP contribution is 2.36. The fraction of sp³-hybridized carbons (Fsp3) is 0.412. The summed E-state index contributed by atoms with van der Waals surface area (Å²) in [5.74, 6) is 0.0916. The number of alkyl halides is 3. The Kier molecular flexibility index (Phi) is 5.29. The maximum Gasteiger partial charge on any atom is 0.416 e. The summed E-state index contributed by atoms with van der Waals surface area (Å²) in [6.45, 7) is 3.84. The van der Waals surface area contributed by atoms with Crippen LogP contribution in [-0.4, -0.2) is 0 Å². The largest absolute Gasteiger partial charge is 0.416 e. The molecule has 0 nitrogen and oxygen atoms in total. The lowest BCUT2D eigenvalue weighted by molar-refractivity contribution is -0.137. The molecule has 22 heavy (non-hydrogen) atoms. The Morgan fingerprint density at radius 1 is 1.14 bits per heavy atom. The van der Waals surface area contributed by atoms with Crippen LogP contribution in [0.4, 0.5) is 13.2 Å². The zero-order chi connectivity index (χ0) is 16.5. The minimum atomic E-state index is -4.32. The molecule has 0 bridgehead atoms. The van der Waals surface area contributed by atoms with Crippen LogP contribution in [0.5, 0.6) is 0 Å². The minimum Gasteiger partial charge on any atom is -0.166 e. The maximum atomic E-state index is 12.9. The molecule has 0 fully saturated rings. The van der Waals surface area contributed by atoms with Gasteiger partial charge in [-0.3, -0.25) is 0 Å². The Morgan fingerprint density at radius 2 is 1.82 bits per heavy atom.